The summed E-state index contributed by atoms with van der Waals surface area (Å²) in [6.45, 7) is -0.0861. The first-order valence-electron chi connectivity index (χ1n) is 8.20. The lowest BCUT2D eigenvalue weighted by molar-refractivity contribution is -0.385. The Balaban J connectivity index is 1.78. The standard InChI is InChI=1S/C19H17N3O6/c1-26-17-8-15(16(22(24)25)9-18(17)27-2)19(23)28-12-13-10-20-21(11-13)14-6-4-3-5-7-14/h3-11H,12H2,1-2H3. The van der Waals surface area contributed by atoms with Gasteiger partial charge in [0.15, 0.2) is 11.5 Å². The molecule has 0 bridgehead atoms. The van der Waals surface area contributed by atoms with E-state index in [1.54, 1.807) is 17.1 Å². The van der Waals surface area contributed by atoms with Crippen LogP contribution < -0.4 is 9.47 Å². The minimum absolute atomic E-state index is 0.0861. The van der Waals surface area contributed by atoms with E-state index in [4.69, 9.17) is 14.2 Å². The number of hydrogen-bond acceptors (Lipinski definition) is 7. The van der Waals surface area contributed by atoms with Crippen LogP contribution in [0.5, 0.6) is 11.5 Å². The first kappa shape index (κ1) is 18.9. The lowest BCUT2D eigenvalue weighted by atomic mass is 10.1. The molecule has 0 atom stereocenters. The van der Waals surface area contributed by atoms with E-state index in [0.717, 1.165) is 11.8 Å². The summed E-state index contributed by atoms with van der Waals surface area (Å²) in [6.07, 6.45) is 3.27. The van der Waals surface area contributed by atoms with Gasteiger partial charge >= 0.3 is 5.97 Å². The lowest BCUT2D eigenvalue weighted by Gasteiger charge is -2.10. The molecule has 9 heteroatoms. The van der Waals surface area contributed by atoms with Crippen molar-refractivity contribution >= 4 is 11.7 Å². The predicted octanol–water partition coefficient (Wildman–Crippen LogP) is 3.15. The third-order valence-corrected chi connectivity index (χ3v) is 3.95. The Morgan fingerprint density at radius 1 is 1.14 bits per heavy atom. The second-order valence-corrected chi connectivity index (χ2v) is 5.69. The van der Waals surface area contributed by atoms with Crippen LogP contribution in [0.4, 0.5) is 5.69 Å². The van der Waals surface area contributed by atoms with Gasteiger partial charge in [0, 0.05) is 17.8 Å². The van der Waals surface area contributed by atoms with Crippen LogP contribution in [0, 0.1) is 10.1 Å². The van der Waals surface area contributed by atoms with Crippen molar-refractivity contribution in [3.05, 3.63) is 76.1 Å². The van der Waals surface area contributed by atoms with Crippen LogP contribution in [0.25, 0.3) is 5.69 Å². The molecule has 3 rings (SSSR count). The van der Waals surface area contributed by atoms with E-state index in [1.807, 2.05) is 30.3 Å². The minimum Gasteiger partial charge on any atom is -0.493 e. The van der Waals surface area contributed by atoms with Crippen molar-refractivity contribution in [3.63, 3.8) is 0 Å². The number of nitro groups is 1. The highest BCUT2D eigenvalue weighted by Gasteiger charge is 2.25. The zero-order valence-electron chi connectivity index (χ0n) is 15.2. The number of ether oxygens (including phenoxy) is 3. The predicted molar refractivity (Wildman–Crippen MR) is 98.9 cm³/mol. The minimum atomic E-state index is -0.847. The molecule has 0 saturated carbocycles. The highest BCUT2D eigenvalue weighted by molar-refractivity contribution is 5.95. The van der Waals surface area contributed by atoms with Gasteiger partial charge in [0.1, 0.15) is 12.2 Å². The van der Waals surface area contributed by atoms with Gasteiger partial charge in [-0.25, -0.2) is 9.48 Å². The highest BCUT2D eigenvalue weighted by atomic mass is 16.6. The number of nitro benzene ring substituents is 1. The van der Waals surface area contributed by atoms with Crippen molar-refractivity contribution in [1.82, 2.24) is 9.78 Å². The third kappa shape index (κ3) is 3.93. The lowest BCUT2D eigenvalue weighted by Crippen LogP contribution is -2.09. The Kier molecular flexibility index (Phi) is 5.54. The fourth-order valence-corrected chi connectivity index (χ4v) is 2.57. The van der Waals surface area contributed by atoms with Gasteiger partial charge in [-0.15, -0.1) is 0 Å². The number of esters is 1. The van der Waals surface area contributed by atoms with Crippen molar-refractivity contribution in [2.75, 3.05) is 14.2 Å². The number of carbonyl (C=O) groups excluding carboxylic acids is 1. The Morgan fingerprint density at radius 3 is 2.46 bits per heavy atom. The van der Waals surface area contributed by atoms with E-state index in [-0.39, 0.29) is 23.7 Å². The van der Waals surface area contributed by atoms with Crippen LogP contribution >= 0.6 is 0 Å². The molecule has 0 unspecified atom stereocenters. The fourth-order valence-electron chi connectivity index (χ4n) is 2.57. The number of methoxy groups -OCH3 is 2. The maximum atomic E-state index is 12.4. The molecule has 0 fully saturated rings. The molecule has 1 aromatic heterocycles. The Labute approximate surface area is 160 Å². The van der Waals surface area contributed by atoms with Gasteiger partial charge in [-0.3, -0.25) is 10.1 Å². The van der Waals surface area contributed by atoms with Crippen molar-refractivity contribution in [2.45, 2.75) is 6.61 Å². The number of benzene rings is 2. The number of hydrogen-bond donors (Lipinski definition) is 0. The molecule has 1 heterocycles. The molecule has 0 radical (unpaired) electrons. The molecule has 0 N–H and O–H groups in total. The largest absolute Gasteiger partial charge is 0.493 e. The summed E-state index contributed by atoms with van der Waals surface area (Å²) in [5.74, 6) is -0.507. The van der Waals surface area contributed by atoms with Crippen LogP contribution in [0.1, 0.15) is 15.9 Å². The molecule has 0 aliphatic heterocycles. The van der Waals surface area contributed by atoms with Crippen molar-refractivity contribution in [2.24, 2.45) is 0 Å². The average Bonchev–Trinajstić information content (AvgIpc) is 3.20. The van der Waals surface area contributed by atoms with E-state index >= 15 is 0 Å². The Hall–Kier alpha value is -3.88. The number of nitrogens with zero attached hydrogens (tertiary/aromatic N) is 3. The van der Waals surface area contributed by atoms with Crippen molar-refractivity contribution in [1.29, 1.82) is 0 Å². The van der Waals surface area contributed by atoms with Gasteiger partial charge in [-0.1, -0.05) is 18.2 Å². The summed E-state index contributed by atoms with van der Waals surface area (Å²) in [4.78, 5) is 23.1. The zero-order valence-corrected chi connectivity index (χ0v) is 15.2. The van der Waals surface area contributed by atoms with Crippen LogP contribution in [0.2, 0.25) is 0 Å². The van der Waals surface area contributed by atoms with Crippen LogP contribution in [-0.2, 0) is 11.3 Å². The molecular weight excluding hydrogens is 366 g/mol. The second-order valence-electron chi connectivity index (χ2n) is 5.69. The topological polar surface area (TPSA) is 106 Å². The monoisotopic (exact) mass is 383 g/mol. The molecule has 3 aromatic rings. The summed E-state index contributed by atoms with van der Waals surface area (Å²) in [5.41, 5.74) is 0.844. The van der Waals surface area contributed by atoms with E-state index in [9.17, 15) is 14.9 Å². The molecule has 0 amide bonds. The van der Waals surface area contributed by atoms with E-state index in [2.05, 4.69) is 5.10 Å². The smallest absolute Gasteiger partial charge is 0.345 e. The van der Waals surface area contributed by atoms with Crippen LogP contribution in [-0.4, -0.2) is 34.9 Å². The molecule has 0 spiro atoms. The van der Waals surface area contributed by atoms with Gasteiger partial charge in [0.05, 0.1) is 37.1 Å². The summed E-state index contributed by atoms with van der Waals surface area (Å²) < 4.78 is 17.0. The normalized spacial score (nSPS) is 10.4. The van der Waals surface area contributed by atoms with Crippen molar-refractivity contribution in [3.8, 4) is 17.2 Å². The summed E-state index contributed by atoms with van der Waals surface area (Å²) in [6, 6.07) is 11.8. The molecule has 0 saturated heterocycles. The summed E-state index contributed by atoms with van der Waals surface area (Å²) >= 11 is 0. The Bertz CT molecular complexity index is 1000. The molecule has 28 heavy (non-hydrogen) atoms. The average molecular weight is 383 g/mol. The molecule has 9 nitrogen and oxygen atoms in total. The Morgan fingerprint density at radius 2 is 1.82 bits per heavy atom. The van der Waals surface area contributed by atoms with Gasteiger partial charge in [-0.2, -0.15) is 5.10 Å². The van der Waals surface area contributed by atoms with Crippen LogP contribution in [0.3, 0.4) is 0 Å². The quantitative estimate of drug-likeness (QED) is 0.350. The van der Waals surface area contributed by atoms with E-state index in [0.29, 0.717) is 5.56 Å². The third-order valence-electron chi connectivity index (χ3n) is 3.95. The fraction of sp³-hybridized carbons (Fsp3) is 0.158. The number of aromatic nitrogens is 2. The summed E-state index contributed by atoms with van der Waals surface area (Å²) in [7, 11) is 2.72. The van der Waals surface area contributed by atoms with Crippen molar-refractivity contribution < 1.29 is 23.9 Å². The van der Waals surface area contributed by atoms with Gasteiger partial charge in [0.2, 0.25) is 0 Å². The SMILES string of the molecule is COc1cc(C(=O)OCc2cnn(-c3ccccc3)c2)c([N+](=O)[O-])cc1OC. The number of carbonyl (C=O) groups is 1. The highest BCUT2D eigenvalue weighted by Crippen LogP contribution is 2.34. The zero-order chi connectivity index (χ0) is 20.1. The first-order valence-corrected chi connectivity index (χ1v) is 8.20. The van der Waals surface area contributed by atoms with E-state index in [1.165, 1.54) is 20.3 Å². The van der Waals surface area contributed by atoms with Gasteiger partial charge < -0.3 is 14.2 Å². The number of rotatable bonds is 7. The molecule has 144 valence electrons. The summed E-state index contributed by atoms with van der Waals surface area (Å²) in [5, 5.41) is 15.5. The first-order chi connectivity index (χ1) is 13.5. The van der Waals surface area contributed by atoms with Crippen LogP contribution in [0.15, 0.2) is 54.9 Å². The van der Waals surface area contributed by atoms with E-state index < -0.39 is 16.6 Å². The number of para-hydroxylation sites is 1. The maximum absolute atomic E-state index is 12.4. The molecule has 0 aliphatic rings. The molecular formula is C19H17N3O6. The van der Waals surface area contributed by atoms with Gasteiger partial charge in [-0.05, 0) is 12.1 Å². The van der Waals surface area contributed by atoms with Gasteiger partial charge in [0.25, 0.3) is 5.69 Å². The second kappa shape index (κ2) is 8.21. The molecule has 2 aromatic carbocycles. The molecule has 0 aliphatic carbocycles. The maximum Gasteiger partial charge on any atom is 0.345 e.